The van der Waals surface area contributed by atoms with E-state index in [0.717, 1.165) is 25.0 Å². The van der Waals surface area contributed by atoms with Crippen LogP contribution in [0.5, 0.6) is 5.88 Å². The van der Waals surface area contributed by atoms with Gasteiger partial charge in [0.1, 0.15) is 24.1 Å². The van der Waals surface area contributed by atoms with Crippen LogP contribution in [0, 0.1) is 19.7 Å². The van der Waals surface area contributed by atoms with Crippen molar-refractivity contribution >= 4 is 0 Å². The first-order chi connectivity index (χ1) is 15.1. The van der Waals surface area contributed by atoms with Crippen LogP contribution in [-0.2, 0) is 11.2 Å². The molecule has 4 rings (SSSR count). The Balaban J connectivity index is 1.70. The summed E-state index contributed by atoms with van der Waals surface area (Å²) in [4.78, 5) is 0. The summed E-state index contributed by atoms with van der Waals surface area (Å²) in [6.07, 6.45) is -3.69. The number of aryl methyl sites for hydroxylation is 1. The van der Waals surface area contributed by atoms with Gasteiger partial charge in [-0.15, -0.1) is 5.10 Å². The van der Waals surface area contributed by atoms with Gasteiger partial charge in [0.05, 0.1) is 12.6 Å². The first-order valence-corrected chi connectivity index (χ1v) is 10.7. The van der Waals surface area contributed by atoms with E-state index in [1.54, 1.807) is 23.7 Å². The SMILES string of the molecule is Cc1ccc(Cc2c(OC3(O)O[C@H](CO)[C@@H](O)[C@@H](O)[C@H]3O)nn(C3CCC3)c2C)cc1F. The molecule has 1 aromatic carbocycles. The van der Waals surface area contributed by atoms with Crippen LogP contribution in [0.15, 0.2) is 18.2 Å². The van der Waals surface area contributed by atoms with Crippen LogP contribution >= 0.6 is 0 Å². The Morgan fingerprint density at radius 2 is 1.94 bits per heavy atom. The van der Waals surface area contributed by atoms with Gasteiger partial charge in [-0.1, -0.05) is 12.1 Å². The van der Waals surface area contributed by atoms with E-state index >= 15 is 0 Å². The van der Waals surface area contributed by atoms with Crippen molar-refractivity contribution in [3.8, 4) is 5.88 Å². The summed E-state index contributed by atoms with van der Waals surface area (Å²) in [5, 5.41) is 55.2. The molecule has 1 aromatic heterocycles. The molecular formula is C22H29FN2O7. The molecular weight excluding hydrogens is 423 g/mol. The highest BCUT2D eigenvalue weighted by Gasteiger charge is 2.55. The molecule has 0 bridgehead atoms. The summed E-state index contributed by atoms with van der Waals surface area (Å²) >= 11 is 0. The van der Waals surface area contributed by atoms with Crippen molar-refractivity contribution in [1.29, 1.82) is 0 Å². The average Bonchev–Trinajstić information content (AvgIpc) is 3.00. The summed E-state index contributed by atoms with van der Waals surface area (Å²) in [7, 11) is 0. The topological polar surface area (TPSA) is 137 Å². The third-order valence-electron chi connectivity index (χ3n) is 6.45. The smallest absolute Gasteiger partial charge is 0.356 e. The van der Waals surface area contributed by atoms with E-state index in [9.17, 15) is 29.9 Å². The molecule has 5 atom stereocenters. The largest absolute Gasteiger partial charge is 0.417 e. The molecule has 0 radical (unpaired) electrons. The zero-order chi connectivity index (χ0) is 23.2. The molecule has 1 saturated heterocycles. The van der Waals surface area contributed by atoms with Crippen LogP contribution in [-0.4, -0.2) is 72.3 Å². The van der Waals surface area contributed by atoms with Gasteiger partial charge >= 0.3 is 5.97 Å². The fourth-order valence-electron chi connectivity index (χ4n) is 4.10. The highest BCUT2D eigenvalue weighted by atomic mass is 19.1. The number of nitrogens with zero attached hydrogens (tertiary/aromatic N) is 2. The van der Waals surface area contributed by atoms with Crippen molar-refractivity contribution < 1.29 is 39.4 Å². The second-order valence-electron chi connectivity index (χ2n) is 8.66. The Labute approximate surface area is 184 Å². The Bertz CT molecular complexity index is 977. The van der Waals surface area contributed by atoms with Gasteiger partial charge in [0, 0.05) is 17.7 Å². The lowest BCUT2D eigenvalue weighted by atomic mass is 9.93. The van der Waals surface area contributed by atoms with E-state index in [0.29, 0.717) is 16.7 Å². The first-order valence-electron chi connectivity index (χ1n) is 10.7. The van der Waals surface area contributed by atoms with Crippen molar-refractivity contribution in [3.05, 3.63) is 46.4 Å². The molecule has 0 amide bonds. The number of rotatable bonds is 6. The van der Waals surface area contributed by atoms with Crippen LogP contribution < -0.4 is 4.74 Å². The van der Waals surface area contributed by atoms with E-state index in [-0.39, 0.29) is 24.2 Å². The lowest BCUT2D eigenvalue weighted by Crippen LogP contribution is -2.67. The molecule has 9 nitrogen and oxygen atoms in total. The molecule has 1 aliphatic heterocycles. The number of hydrogen-bond donors (Lipinski definition) is 5. The number of benzene rings is 1. The van der Waals surface area contributed by atoms with Crippen LogP contribution in [0.25, 0.3) is 0 Å². The molecule has 2 aromatic rings. The number of ether oxygens (including phenoxy) is 2. The average molecular weight is 452 g/mol. The highest BCUT2D eigenvalue weighted by molar-refractivity contribution is 5.38. The Hall–Kier alpha value is -2.08. The minimum atomic E-state index is -2.76. The lowest BCUT2D eigenvalue weighted by molar-refractivity contribution is -0.423. The zero-order valence-corrected chi connectivity index (χ0v) is 18.0. The zero-order valence-electron chi connectivity index (χ0n) is 18.0. The number of aliphatic hydroxyl groups excluding tert-OH is 4. The molecule has 1 saturated carbocycles. The highest BCUT2D eigenvalue weighted by Crippen LogP contribution is 2.38. The van der Waals surface area contributed by atoms with Gasteiger partial charge in [0.15, 0.2) is 6.10 Å². The standard InChI is InChI=1S/C22H29FN2O7/c1-11-6-7-13(9-16(11)23)8-15-12(2)25(14-4-3-5-14)24-21(15)32-22(30)20(29)19(28)18(27)17(10-26)31-22/h6-7,9,14,17-20,26-30H,3-5,8,10H2,1-2H3/t17-,18-,19-,20-,22?/m1/s1. The maximum Gasteiger partial charge on any atom is 0.356 e. The van der Waals surface area contributed by atoms with Gasteiger partial charge in [-0.05, 0) is 50.3 Å². The first kappa shape index (κ1) is 23.1. The normalized spacial score (nSPS) is 30.9. The number of aromatic nitrogens is 2. The van der Waals surface area contributed by atoms with Crippen LogP contribution in [0.1, 0.15) is 47.7 Å². The molecule has 176 valence electrons. The number of halogens is 1. The molecule has 2 aliphatic rings. The van der Waals surface area contributed by atoms with Gasteiger partial charge in [0.25, 0.3) is 0 Å². The summed E-state index contributed by atoms with van der Waals surface area (Å²) < 4.78 is 26.7. The maximum absolute atomic E-state index is 14.1. The lowest BCUT2D eigenvalue weighted by Gasteiger charge is -2.43. The minimum absolute atomic E-state index is 0.0442. The van der Waals surface area contributed by atoms with E-state index in [4.69, 9.17) is 9.47 Å². The van der Waals surface area contributed by atoms with Crippen molar-refractivity contribution in [1.82, 2.24) is 9.78 Å². The van der Waals surface area contributed by atoms with Crippen LogP contribution in [0.2, 0.25) is 0 Å². The summed E-state index contributed by atoms with van der Waals surface area (Å²) in [5.41, 5.74) is 2.50. The van der Waals surface area contributed by atoms with E-state index < -0.39 is 37.0 Å². The van der Waals surface area contributed by atoms with E-state index in [2.05, 4.69) is 5.10 Å². The van der Waals surface area contributed by atoms with Crippen molar-refractivity contribution in [3.63, 3.8) is 0 Å². The van der Waals surface area contributed by atoms with Crippen molar-refractivity contribution in [2.24, 2.45) is 0 Å². The monoisotopic (exact) mass is 452 g/mol. The summed E-state index contributed by atoms with van der Waals surface area (Å²) in [5.74, 6) is -3.15. The molecule has 2 fully saturated rings. The molecule has 10 heteroatoms. The third-order valence-corrected chi connectivity index (χ3v) is 6.45. The van der Waals surface area contributed by atoms with Crippen LogP contribution in [0.4, 0.5) is 4.39 Å². The second kappa shape index (κ2) is 8.69. The minimum Gasteiger partial charge on any atom is -0.417 e. The van der Waals surface area contributed by atoms with Crippen LogP contribution in [0.3, 0.4) is 0 Å². The predicted molar refractivity (Wildman–Crippen MR) is 109 cm³/mol. The maximum atomic E-state index is 14.1. The summed E-state index contributed by atoms with van der Waals surface area (Å²) in [6.45, 7) is 2.79. The molecule has 0 spiro atoms. The predicted octanol–water partition coefficient (Wildman–Crippen LogP) is 0.454. The fraction of sp³-hybridized carbons (Fsp3) is 0.591. The van der Waals surface area contributed by atoms with Gasteiger partial charge in [0.2, 0.25) is 5.88 Å². The van der Waals surface area contributed by atoms with Crippen molar-refractivity contribution in [2.45, 2.75) is 76.0 Å². The van der Waals surface area contributed by atoms with E-state index in [1.807, 2.05) is 6.92 Å². The molecule has 2 heterocycles. The number of aliphatic hydroxyl groups is 5. The molecule has 1 unspecified atom stereocenters. The van der Waals surface area contributed by atoms with Gasteiger partial charge in [-0.3, -0.25) is 4.68 Å². The Morgan fingerprint density at radius 3 is 2.53 bits per heavy atom. The summed E-state index contributed by atoms with van der Waals surface area (Å²) in [6, 6.07) is 5.03. The fourth-order valence-corrected chi connectivity index (χ4v) is 4.10. The second-order valence-corrected chi connectivity index (χ2v) is 8.66. The van der Waals surface area contributed by atoms with Gasteiger partial charge < -0.3 is 35.0 Å². The van der Waals surface area contributed by atoms with Gasteiger partial charge in [-0.2, -0.15) is 0 Å². The Kier molecular flexibility index (Phi) is 6.27. The molecule has 1 aliphatic carbocycles. The Morgan fingerprint density at radius 1 is 1.22 bits per heavy atom. The third kappa shape index (κ3) is 4.02. The van der Waals surface area contributed by atoms with E-state index in [1.165, 1.54) is 6.07 Å². The quantitative estimate of drug-likeness (QED) is 0.399. The molecule has 32 heavy (non-hydrogen) atoms. The van der Waals surface area contributed by atoms with Crippen molar-refractivity contribution in [2.75, 3.05) is 6.61 Å². The van der Waals surface area contributed by atoms with Gasteiger partial charge in [-0.25, -0.2) is 4.39 Å². The number of hydrogen-bond acceptors (Lipinski definition) is 8. The molecule has 5 N–H and O–H groups in total.